The smallest absolute Gasteiger partial charge is 0.321 e. The average molecular weight is 221 g/mol. The molecule has 1 aromatic carbocycles. The quantitative estimate of drug-likeness (QED) is 0.799. The van der Waals surface area contributed by atoms with Crippen LogP contribution < -0.4 is 5.32 Å². The number of carboxylic acids is 1. The van der Waals surface area contributed by atoms with Gasteiger partial charge in [-0.3, -0.25) is 4.79 Å². The van der Waals surface area contributed by atoms with Crippen molar-refractivity contribution in [3.63, 3.8) is 0 Å². The van der Waals surface area contributed by atoms with E-state index >= 15 is 0 Å². The van der Waals surface area contributed by atoms with Gasteiger partial charge in [-0.25, -0.2) is 0 Å². The third-order valence-corrected chi connectivity index (χ3v) is 2.89. The molecule has 0 saturated heterocycles. The molecule has 1 atom stereocenters. The Morgan fingerprint density at radius 3 is 2.38 bits per heavy atom. The van der Waals surface area contributed by atoms with E-state index in [4.69, 9.17) is 0 Å². The first kappa shape index (κ1) is 12.7. The number of rotatable bonds is 5. The SMILES string of the molecule is CCNC(C(=O)O)C(C)(C)c1ccccc1. The van der Waals surface area contributed by atoms with Crippen molar-refractivity contribution in [2.45, 2.75) is 32.2 Å². The van der Waals surface area contributed by atoms with Crippen molar-refractivity contribution >= 4 is 5.97 Å². The molecule has 0 bridgehead atoms. The number of hydrogen-bond donors (Lipinski definition) is 2. The minimum atomic E-state index is -0.810. The second-order valence-electron chi connectivity index (χ2n) is 4.42. The maximum Gasteiger partial charge on any atom is 0.321 e. The van der Waals surface area contributed by atoms with E-state index < -0.39 is 17.4 Å². The topological polar surface area (TPSA) is 49.3 Å². The summed E-state index contributed by atoms with van der Waals surface area (Å²) in [5.74, 6) is -0.810. The second kappa shape index (κ2) is 5.12. The molecular weight excluding hydrogens is 202 g/mol. The molecule has 3 nitrogen and oxygen atoms in total. The van der Waals surface area contributed by atoms with Crippen molar-refractivity contribution in [2.24, 2.45) is 0 Å². The van der Waals surface area contributed by atoms with Crippen molar-refractivity contribution in [3.05, 3.63) is 35.9 Å². The van der Waals surface area contributed by atoms with Crippen molar-refractivity contribution in [1.82, 2.24) is 5.32 Å². The van der Waals surface area contributed by atoms with Crippen LogP contribution in [0.5, 0.6) is 0 Å². The van der Waals surface area contributed by atoms with Crippen molar-refractivity contribution in [1.29, 1.82) is 0 Å². The van der Waals surface area contributed by atoms with Gasteiger partial charge < -0.3 is 10.4 Å². The largest absolute Gasteiger partial charge is 0.480 e. The van der Waals surface area contributed by atoms with E-state index in [1.165, 1.54) is 0 Å². The highest BCUT2D eigenvalue weighted by Crippen LogP contribution is 2.27. The fourth-order valence-corrected chi connectivity index (χ4v) is 1.89. The zero-order chi connectivity index (χ0) is 12.2. The van der Waals surface area contributed by atoms with Gasteiger partial charge in [0.2, 0.25) is 0 Å². The van der Waals surface area contributed by atoms with Gasteiger partial charge in [0.25, 0.3) is 0 Å². The number of carboxylic acid groups (broad SMARTS) is 1. The molecule has 2 N–H and O–H groups in total. The highest BCUT2D eigenvalue weighted by molar-refractivity contribution is 5.76. The molecule has 0 aromatic heterocycles. The molecule has 1 rings (SSSR count). The zero-order valence-electron chi connectivity index (χ0n) is 10.0. The Bertz CT molecular complexity index is 346. The summed E-state index contributed by atoms with van der Waals surface area (Å²) in [6, 6.07) is 9.16. The Morgan fingerprint density at radius 1 is 1.38 bits per heavy atom. The first-order valence-corrected chi connectivity index (χ1v) is 5.52. The van der Waals surface area contributed by atoms with Gasteiger partial charge in [0, 0.05) is 5.41 Å². The van der Waals surface area contributed by atoms with Crippen LogP contribution >= 0.6 is 0 Å². The molecule has 88 valence electrons. The van der Waals surface area contributed by atoms with Gasteiger partial charge >= 0.3 is 5.97 Å². The lowest BCUT2D eigenvalue weighted by molar-refractivity contribution is -0.141. The van der Waals surface area contributed by atoms with Crippen LogP contribution in [0, 0.1) is 0 Å². The lowest BCUT2D eigenvalue weighted by Gasteiger charge is -2.32. The molecule has 0 aliphatic heterocycles. The number of benzene rings is 1. The zero-order valence-corrected chi connectivity index (χ0v) is 10.0. The molecule has 0 radical (unpaired) electrons. The molecule has 16 heavy (non-hydrogen) atoms. The van der Waals surface area contributed by atoms with E-state index in [0.717, 1.165) is 5.56 Å². The van der Waals surface area contributed by atoms with Gasteiger partial charge in [-0.1, -0.05) is 51.1 Å². The van der Waals surface area contributed by atoms with Crippen LogP contribution in [0.3, 0.4) is 0 Å². The van der Waals surface area contributed by atoms with Crippen LogP contribution in [0.1, 0.15) is 26.3 Å². The van der Waals surface area contributed by atoms with E-state index in [1.54, 1.807) is 0 Å². The summed E-state index contributed by atoms with van der Waals surface area (Å²) in [6.07, 6.45) is 0. The average Bonchev–Trinajstić information content (AvgIpc) is 2.26. The summed E-state index contributed by atoms with van der Waals surface area (Å²) < 4.78 is 0. The van der Waals surface area contributed by atoms with E-state index in [9.17, 15) is 9.90 Å². The number of aliphatic carboxylic acids is 1. The molecule has 0 aliphatic rings. The van der Waals surface area contributed by atoms with Gasteiger partial charge in [0.05, 0.1) is 0 Å². The predicted molar refractivity (Wildman–Crippen MR) is 64.6 cm³/mol. The van der Waals surface area contributed by atoms with Crippen LogP contribution in [0.25, 0.3) is 0 Å². The number of carbonyl (C=O) groups is 1. The van der Waals surface area contributed by atoms with Gasteiger partial charge in [0.1, 0.15) is 6.04 Å². The molecule has 1 unspecified atom stereocenters. The molecule has 0 fully saturated rings. The third-order valence-electron chi connectivity index (χ3n) is 2.89. The van der Waals surface area contributed by atoms with Crippen LogP contribution in [-0.2, 0) is 10.2 Å². The molecule has 0 amide bonds. The van der Waals surface area contributed by atoms with E-state index in [0.29, 0.717) is 6.54 Å². The van der Waals surface area contributed by atoms with Crippen LogP contribution in [0.4, 0.5) is 0 Å². The van der Waals surface area contributed by atoms with Gasteiger partial charge in [-0.05, 0) is 12.1 Å². The highest BCUT2D eigenvalue weighted by atomic mass is 16.4. The molecule has 0 aliphatic carbocycles. The third kappa shape index (κ3) is 2.61. The summed E-state index contributed by atoms with van der Waals surface area (Å²) in [6.45, 7) is 6.46. The lowest BCUT2D eigenvalue weighted by Crippen LogP contribution is -2.50. The maximum absolute atomic E-state index is 11.2. The molecule has 0 saturated carbocycles. The summed E-state index contributed by atoms with van der Waals surface area (Å²) in [7, 11) is 0. The minimum Gasteiger partial charge on any atom is -0.480 e. The monoisotopic (exact) mass is 221 g/mol. The van der Waals surface area contributed by atoms with Crippen molar-refractivity contribution in [2.75, 3.05) is 6.54 Å². The highest BCUT2D eigenvalue weighted by Gasteiger charge is 2.35. The van der Waals surface area contributed by atoms with E-state index in [2.05, 4.69) is 5.32 Å². The molecular formula is C13H19NO2. The van der Waals surface area contributed by atoms with E-state index in [1.807, 2.05) is 51.1 Å². The molecule has 3 heteroatoms. The standard InChI is InChI=1S/C13H19NO2/c1-4-14-11(12(15)16)13(2,3)10-8-6-5-7-9-10/h5-9,11,14H,4H2,1-3H3,(H,15,16). The lowest BCUT2D eigenvalue weighted by atomic mass is 9.77. The number of hydrogen-bond acceptors (Lipinski definition) is 2. The summed E-state index contributed by atoms with van der Waals surface area (Å²) in [5.41, 5.74) is 0.603. The minimum absolute atomic E-state index is 0.427. The Kier molecular flexibility index (Phi) is 4.07. The van der Waals surface area contributed by atoms with Gasteiger partial charge in [-0.2, -0.15) is 0 Å². The Labute approximate surface area is 96.5 Å². The van der Waals surface area contributed by atoms with Crippen LogP contribution in [0.15, 0.2) is 30.3 Å². The van der Waals surface area contributed by atoms with Gasteiger partial charge in [-0.15, -0.1) is 0 Å². The van der Waals surface area contributed by atoms with Crippen LogP contribution in [-0.4, -0.2) is 23.7 Å². The fourth-order valence-electron chi connectivity index (χ4n) is 1.89. The number of likely N-dealkylation sites (N-methyl/N-ethyl adjacent to an activating group) is 1. The first-order valence-electron chi connectivity index (χ1n) is 5.52. The van der Waals surface area contributed by atoms with Crippen molar-refractivity contribution < 1.29 is 9.90 Å². The summed E-state index contributed by atoms with van der Waals surface area (Å²) in [5, 5.41) is 12.3. The maximum atomic E-state index is 11.2. The molecule has 1 aromatic rings. The number of nitrogens with one attached hydrogen (secondary N) is 1. The molecule has 0 heterocycles. The summed E-state index contributed by atoms with van der Waals surface area (Å²) >= 11 is 0. The normalized spacial score (nSPS) is 13.4. The predicted octanol–water partition coefficient (Wildman–Crippen LogP) is 2.03. The van der Waals surface area contributed by atoms with E-state index in [-0.39, 0.29) is 0 Å². The first-order chi connectivity index (χ1) is 7.50. The Balaban J connectivity index is 3.02. The van der Waals surface area contributed by atoms with Crippen molar-refractivity contribution in [3.8, 4) is 0 Å². The second-order valence-corrected chi connectivity index (χ2v) is 4.42. The Hall–Kier alpha value is -1.35. The fraction of sp³-hybridized carbons (Fsp3) is 0.462. The molecule has 0 spiro atoms. The van der Waals surface area contributed by atoms with Crippen LogP contribution in [0.2, 0.25) is 0 Å². The van der Waals surface area contributed by atoms with Gasteiger partial charge in [0.15, 0.2) is 0 Å². The summed E-state index contributed by atoms with van der Waals surface area (Å²) in [4.78, 5) is 11.2. The Morgan fingerprint density at radius 2 is 1.94 bits per heavy atom.